The lowest BCUT2D eigenvalue weighted by Gasteiger charge is -2.36. The molecule has 6 nitrogen and oxygen atoms in total. The lowest BCUT2D eigenvalue weighted by molar-refractivity contribution is -0.134. The molecular formula is C22H29N3O3. The van der Waals surface area contributed by atoms with Crippen molar-refractivity contribution in [3.05, 3.63) is 47.9 Å². The lowest BCUT2D eigenvalue weighted by Crippen LogP contribution is -2.46. The summed E-state index contributed by atoms with van der Waals surface area (Å²) >= 11 is 0. The third-order valence-electron chi connectivity index (χ3n) is 5.66. The molecule has 0 aliphatic carbocycles. The first-order valence-corrected chi connectivity index (χ1v) is 10.2. The summed E-state index contributed by atoms with van der Waals surface area (Å²) < 4.78 is 11.5. The number of furan rings is 1. The number of hydrogen-bond acceptors (Lipinski definition) is 5. The van der Waals surface area contributed by atoms with Gasteiger partial charge in [0.15, 0.2) is 0 Å². The van der Waals surface area contributed by atoms with Crippen molar-refractivity contribution >= 4 is 11.6 Å². The summed E-state index contributed by atoms with van der Waals surface area (Å²) in [6.07, 6.45) is 2.78. The highest BCUT2D eigenvalue weighted by Crippen LogP contribution is 2.28. The number of piperazine rings is 1. The summed E-state index contributed by atoms with van der Waals surface area (Å²) in [5, 5.41) is 0. The van der Waals surface area contributed by atoms with Gasteiger partial charge in [-0.3, -0.25) is 9.69 Å². The highest BCUT2D eigenvalue weighted by Gasteiger charge is 2.22. The van der Waals surface area contributed by atoms with E-state index in [-0.39, 0.29) is 5.91 Å². The Morgan fingerprint density at radius 1 is 0.929 bits per heavy atom. The Hall–Kier alpha value is -2.47. The van der Waals surface area contributed by atoms with Gasteiger partial charge < -0.3 is 19.0 Å². The molecule has 1 amide bonds. The molecule has 2 fully saturated rings. The van der Waals surface area contributed by atoms with E-state index >= 15 is 0 Å². The van der Waals surface area contributed by atoms with E-state index in [1.165, 1.54) is 0 Å². The second kappa shape index (κ2) is 8.69. The van der Waals surface area contributed by atoms with Crippen LogP contribution in [0.15, 0.2) is 40.8 Å². The Labute approximate surface area is 166 Å². The minimum atomic E-state index is 0.247. The fourth-order valence-electron chi connectivity index (χ4n) is 4.07. The van der Waals surface area contributed by atoms with E-state index in [1.807, 2.05) is 23.1 Å². The number of hydrogen-bond donors (Lipinski definition) is 0. The van der Waals surface area contributed by atoms with Gasteiger partial charge in [-0.1, -0.05) is 12.1 Å². The smallest absolute Gasteiger partial charge is 0.222 e. The summed E-state index contributed by atoms with van der Waals surface area (Å²) in [4.78, 5) is 18.7. The molecule has 2 saturated heterocycles. The minimum Gasteiger partial charge on any atom is -0.495 e. The van der Waals surface area contributed by atoms with Crippen LogP contribution in [0.3, 0.4) is 0 Å². The van der Waals surface area contributed by atoms with Crippen molar-refractivity contribution in [2.24, 2.45) is 0 Å². The first-order valence-electron chi connectivity index (χ1n) is 10.2. The third-order valence-corrected chi connectivity index (χ3v) is 5.66. The first kappa shape index (κ1) is 18.9. The van der Waals surface area contributed by atoms with Crippen LogP contribution >= 0.6 is 0 Å². The monoisotopic (exact) mass is 383 g/mol. The van der Waals surface area contributed by atoms with E-state index in [1.54, 1.807) is 7.11 Å². The average Bonchev–Trinajstić information content (AvgIpc) is 3.17. The average molecular weight is 383 g/mol. The Morgan fingerprint density at radius 2 is 1.68 bits per heavy atom. The molecule has 2 aliphatic heterocycles. The molecule has 0 unspecified atom stereocenters. The van der Waals surface area contributed by atoms with E-state index in [0.29, 0.717) is 13.0 Å². The van der Waals surface area contributed by atoms with Crippen LogP contribution in [0, 0.1) is 0 Å². The van der Waals surface area contributed by atoms with Crippen molar-refractivity contribution in [2.75, 3.05) is 44.7 Å². The SMILES string of the molecule is COc1ccccc1N1CCN(Cc2ccc(CN3CCCCC3=O)o2)CC1. The van der Waals surface area contributed by atoms with Crippen LogP contribution in [-0.4, -0.2) is 55.5 Å². The number of carbonyl (C=O) groups is 1. The molecule has 3 heterocycles. The molecule has 150 valence electrons. The fraction of sp³-hybridized carbons (Fsp3) is 0.500. The van der Waals surface area contributed by atoms with Crippen LogP contribution in [0.2, 0.25) is 0 Å². The molecule has 0 N–H and O–H groups in total. The number of nitrogens with zero attached hydrogens (tertiary/aromatic N) is 3. The normalized spacial score (nSPS) is 18.5. The number of ether oxygens (including phenoxy) is 1. The van der Waals surface area contributed by atoms with Gasteiger partial charge in [-0.15, -0.1) is 0 Å². The van der Waals surface area contributed by atoms with Crippen LogP contribution in [0.1, 0.15) is 30.8 Å². The number of anilines is 1. The maximum absolute atomic E-state index is 12.0. The van der Waals surface area contributed by atoms with Crippen LogP contribution < -0.4 is 9.64 Å². The zero-order valence-corrected chi connectivity index (χ0v) is 16.6. The fourth-order valence-corrected chi connectivity index (χ4v) is 4.07. The van der Waals surface area contributed by atoms with Gasteiger partial charge in [-0.2, -0.15) is 0 Å². The van der Waals surface area contributed by atoms with Gasteiger partial charge in [0, 0.05) is 39.1 Å². The Balaban J connectivity index is 1.29. The molecule has 4 rings (SSSR count). The van der Waals surface area contributed by atoms with Crippen LogP contribution in [-0.2, 0) is 17.9 Å². The zero-order valence-electron chi connectivity index (χ0n) is 16.6. The molecule has 0 spiro atoms. The maximum Gasteiger partial charge on any atom is 0.222 e. The quantitative estimate of drug-likeness (QED) is 0.767. The lowest BCUT2D eigenvalue weighted by atomic mass is 10.1. The summed E-state index contributed by atoms with van der Waals surface area (Å²) in [5.74, 6) is 3.04. The molecule has 0 saturated carbocycles. The van der Waals surface area contributed by atoms with Crippen LogP contribution in [0.5, 0.6) is 5.75 Å². The van der Waals surface area contributed by atoms with E-state index in [9.17, 15) is 4.79 Å². The summed E-state index contributed by atoms with van der Waals surface area (Å²) in [5.41, 5.74) is 1.16. The van der Waals surface area contributed by atoms with E-state index < -0.39 is 0 Å². The number of carbonyl (C=O) groups excluding carboxylic acids is 1. The number of piperidine rings is 1. The molecule has 0 radical (unpaired) electrons. The maximum atomic E-state index is 12.0. The van der Waals surface area contributed by atoms with E-state index in [2.05, 4.69) is 28.0 Å². The zero-order chi connectivity index (χ0) is 19.3. The summed E-state index contributed by atoms with van der Waals surface area (Å²) in [6.45, 7) is 6.16. The second-order valence-corrected chi connectivity index (χ2v) is 7.58. The molecule has 2 aliphatic rings. The minimum absolute atomic E-state index is 0.247. The highest BCUT2D eigenvalue weighted by atomic mass is 16.5. The molecule has 6 heteroatoms. The number of para-hydroxylation sites is 2. The topological polar surface area (TPSA) is 49.2 Å². The van der Waals surface area contributed by atoms with Gasteiger partial charge in [-0.05, 0) is 37.1 Å². The predicted octanol–water partition coefficient (Wildman–Crippen LogP) is 3.12. The first-order chi connectivity index (χ1) is 13.7. The van der Waals surface area contributed by atoms with Crippen LogP contribution in [0.25, 0.3) is 0 Å². The largest absolute Gasteiger partial charge is 0.495 e. The number of methoxy groups -OCH3 is 1. The van der Waals surface area contributed by atoms with Gasteiger partial charge in [-0.25, -0.2) is 0 Å². The predicted molar refractivity (Wildman–Crippen MR) is 108 cm³/mol. The van der Waals surface area contributed by atoms with Crippen molar-refractivity contribution in [1.29, 1.82) is 0 Å². The Bertz CT molecular complexity index is 796. The molecule has 0 atom stereocenters. The van der Waals surface area contributed by atoms with E-state index in [4.69, 9.17) is 9.15 Å². The molecule has 1 aromatic carbocycles. The second-order valence-electron chi connectivity index (χ2n) is 7.58. The number of amides is 1. The molecular weight excluding hydrogens is 354 g/mol. The Morgan fingerprint density at radius 3 is 2.43 bits per heavy atom. The third kappa shape index (κ3) is 4.33. The van der Waals surface area contributed by atoms with Gasteiger partial charge in [0.25, 0.3) is 0 Å². The highest BCUT2D eigenvalue weighted by molar-refractivity contribution is 5.76. The van der Waals surface area contributed by atoms with Crippen molar-refractivity contribution in [2.45, 2.75) is 32.4 Å². The molecule has 2 aromatic rings. The molecule has 0 bridgehead atoms. The number of rotatable bonds is 6. The van der Waals surface area contributed by atoms with Gasteiger partial charge >= 0.3 is 0 Å². The molecule has 1 aromatic heterocycles. The van der Waals surface area contributed by atoms with Crippen molar-refractivity contribution in [3.63, 3.8) is 0 Å². The van der Waals surface area contributed by atoms with E-state index in [0.717, 1.165) is 75.1 Å². The van der Waals surface area contributed by atoms with Gasteiger partial charge in [0.2, 0.25) is 5.91 Å². The summed E-state index contributed by atoms with van der Waals surface area (Å²) in [6, 6.07) is 12.3. The summed E-state index contributed by atoms with van der Waals surface area (Å²) in [7, 11) is 1.72. The Kier molecular flexibility index (Phi) is 5.86. The van der Waals surface area contributed by atoms with Gasteiger partial charge in [0.1, 0.15) is 17.3 Å². The standard InChI is InChI=1S/C22H29N3O3/c1-27-21-7-3-2-6-20(21)24-14-12-23(13-15-24)16-18-9-10-19(28-18)17-25-11-5-4-8-22(25)26/h2-3,6-7,9-10H,4-5,8,11-17H2,1H3. The van der Waals surface area contributed by atoms with Crippen molar-refractivity contribution in [1.82, 2.24) is 9.80 Å². The number of benzene rings is 1. The van der Waals surface area contributed by atoms with Crippen LogP contribution in [0.4, 0.5) is 5.69 Å². The molecule has 28 heavy (non-hydrogen) atoms. The van der Waals surface area contributed by atoms with Gasteiger partial charge in [0.05, 0.1) is 25.9 Å². The van der Waals surface area contributed by atoms with Crippen molar-refractivity contribution in [3.8, 4) is 5.75 Å². The number of likely N-dealkylation sites (tertiary alicyclic amines) is 1. The van der Waals surface area contributed by atoms with Crippen molar-refractivity contribution < 1.29 is 13.9 Å².